The number of para-hydroxylation sites is 1. The van der Waals surface area contributed by atoms with Crippen LogP contribution < -0.4 is 25.5 Å². The molecule has 0 unspecified atom stereocenters. The molecular formula is C26H28N4O5S. The van der Waals surface area contributed by atoms with Gasteiger partial charge in [0.1, 0.15) is 18.1 Å². The van der Waals surface area contributed by atoms with Crippen molar-refractivity contribution in [2.24, 2.45) is 5.10 Å². The molecule has 1 amide bonds. The molecule has 1 heterocycles. The molecule has 0 aliphatic carbocycles. The monoisotopic (exact) mass is 508 g/mol. The summed E-state index contributed by atoms with van der Waals surface area (Å²) in [6, 6.07) is 13.7. The Balaban J connectivity index is 1.67. The predicted molar refractivity (Wildman–Crippen MR) is 141 cm³/mol. The third-order valence-corrected chi connectivity index (χ3v) is 5.20. The van der Waals surface area contributed by atoms with Crippen LogP contribution in [-0.2, 0) is 14.3 Å². The Hall–Kier alpha value is -4.18. The van der Waals surface area contributed by atoms with Gasteiger partial charge in [0.25, 0.3) is 5.91 Å². The number of esters is 1. The molecule has 10 heteroatoms. The lowest BCUT2D eigenvalue weighted by Crippen LogP contribution is -2.45. The fraction of sp³-hybridized carbons (Fsp3) is 0.231. The second-order valence-corrected chi connectivity index (χ2v) is 7.99. The molecule has 0 fully saturated rings. The number of hydrogen-bond acceptors (Lipinski definition) is 7. The topological polar surface area (TPSA) is 110 Å². The maximum absolute atomic E-state index is 12.6. The number of allylic oxidation sites excluding steroid dienone is 1. The normalized spacial score (nSPS) is 15.1. The van der Waals surface area contributed by atoms with Gasteiger partial charge in [-0.1, -0.05) is 43.0 Å². The summed E-state index contributed by atoms with van der Waals surface area (Å²) in [5.74, 6) is 0.165. The maximum atomic E-state index is 12.6. The van der Waals surface area contributed by atoms with Gasteiger partial charge in [-0.3, -0.25) is 4.79 Å². The Morgan fingerprint density at radius 1 is 1.19 bits per heavy atom. The second kappa shape index (κ2) is 13.1. The second-order valence-electron chi connectivity index (χ2n) is 7.58. The van der Waals surface area contributed by atoms with E-state index >= 15 is 0 Å². The number of nitrogens with zero attached hydrogens (tertiary/aromatic N) is 1. The third-order valence-electron chi connectivity index (χ3n) is 4.98. The van der Waals surface area contributed by atoms with Crippen molar-refractivity contribution in [1.29, 1.82) is 0 Å². The standard InChI is InChI=1S/C26H28N4O5S/c1-4-13-34-19-10-8-9-18(14-19)15-27-30-22(31)16-35-21-12-7-6-11-20(21)24-23(25(32)33-5-2)17(3)28-26(36)29-24/h4,6-12,14-15,24H,1,5,13,16H2,2-3H3,(H,30,31)(H2,28,29,36)/t24-/m1/s1. The molecule has 0 radical (unpaired) electrons. The molecule has 1 aliphatic rings. The Labute approximate surface area is 215 Å². The van der Waals surface area contributed by atoms with Crippen LogP contribution in [0.3, 0.4) is 0 Å². The molecule has 36 heavy (non-hydrogen) atoms. The minimum Gasteiger partial charge on any atom is -0.490 e. The smallest absolute Gasteiger partial charge is 0.338 e. The van der Waals surface area contributed by atoms with Crippen LogP contribution in [0.25, 0.3) is 0 Å². The third kappa shape index (κ3) is 7.16. The van der Waals surface area contributed by atoms with E-state index in [1.807, 2.05) is 24.3 Å². The van der Waals surface area contributed by atoms with Gasteiger partial charge in [-0.2, -0.15) is 5.10 Å². The van der Waals surface area contributed by atoms with Crippen molar-refractivity contribution >= 4 is 35.4 Å². The van der Waals surface area contributed by atoms with Crippen LogP contribution in [0.2, 0.25) is 0 Å². The zero-order chi connectivity index (χ0) is 25.9. The lowest BCUT2D eigenvalue weighted by atomic mass is 9.95. The number of rotatable bonds is 11. The first-order valence-corrected chi connectivity index (χ1v) is 11.7. The van der Waals surface area contributed by atoms with Gasteiger partial charge in [0.15, 0.2) is 11.7 Å². The van der Waals surface area contributed by atoms with Crippen LogP contribution in [0, 0.1) is 0 Å². The number of carbonyl (C=O) groups is 2. The van der Waals surface area contributed by atoms with E-state index < -0.39 is 17.9 Å². The molecular weight excluding hydrogens is 480 g/mol. The summed E-state index contributed by atoms with van der Waals surface area (Å²) in [6.07, 6.45) is 3.16. The van der Waals surface area contributed by atoms with Crippen LogP contribution in [0.4, 0.5) is 0 Å². The zero-order valence-electron chi connectivity index (χ0n) is 20.1. The summed E-state index contributed by atoms with van der Waals surface area (Å²) >= 11 is 5.29. The fourth-order valence-corrected chi connectivity index (χ4v) is 3.72. The molecule has 0 saturated heterocycles. The average Bonchev–Trinajstić information content (AvgIpc) is 2.86. The van der Waals surface area contributed by atoms with E-state index in [2.05, 4.69) is 27.7 Å². The summed E-state index contributed by atoms with van der Waals surface area (Å²) in [6.45, 7) is 7.45. The van der Waals surface area contributed by atoms with Crippen LogP contribution in [0.15, 0.2) is 77.6 Å². The van der Waals surface area contributed by atoms with E-state index in [1.54, 1.807) is 44.2 Å². The minimum absolute atomic E-state index is 0.234. The number of nitrogens with one attached hydrogen (secondary N) is 3. The van der Waals surface area contributed by atoms with Crippen LogP contribution in [0.5, 0.6) is 11.5 Å². The summed E-state index contributed by atoms with van der Waals surface area (Å²) in [7, 11) is 0. The summed E-state index contributed by atoms with van der Waals surface area (Å²) < 4.78 is 16.5. The van der Waals surface area contributed by atoms with Gasteiger partial charge < -0.3 is 24.8 Å². The molecule has 3 N–H and O–H groups in total. The number of thiocarbonyl (C=S) groups is 1. The largest absolute Gasteiger partial charge is 0.490 e. The van der Waals surface area contributed by atoms with E-state index in [0.717, 1.165) is 5.56 Å². The average molecular weight is 509 g/mol. The fourth-order valence-electron chi connectivity index (χ4n) is 3.45. The highest BCUT2D eigenvalue weighted by Gasteiger charge is 2.32. The molecule has 0 bridgehead atoms. The highest BCUT2D eigenvalue weighted by molar-refractivity contribution is 7.80. The Morgan fingerprint density at radius 2 is 2.00 bits per heavy atom. The number of hydrazone groups is 1. The van der Waals surface area contributed by atoms with Gasteiger partial charge in [-0.25, -0.2) is 10.2 Å². The number of amides is 1. The van der Waals surface area contributed by atoms with Crippen LogP contribution in [-0.4, -0.2) is 43.0 Å². The van der Waals surface area contributed by atoms with Crippen molar-refractivity contribution < 1.29 is 23.8 Å². The molecule has 2 aromatic rings. The van der Waals surface area contributed by atoms with Crippen LogP contribution >= 0.6 is 12.2 Å². The number of ether oxygens (including phenoxy) is 3. The highest BCUT2D eigenvalue weighted by Crippen LogP contribution is 2.33. The molecule has 2 aromatic carbocycles. The number of benzene rings is 2. The van der Waals surface area contributed by atoms with Crippen molar-refractivity contribution in [2.45, 2.75) is 19.9 Å². The lowest BCUT2D eigenvalue weighted by molar-refractivity contribution is -0.139. The minimum atomic E-state index is -0.606. The highest BCUT2D eigenvalue weighted by atomic mass is 32.1. The van der Waals surface area contributed by atoms with Gasteiger partial charge in [0, 0.05) is 11.3 Å². The van der Waals surface area contributed by atoms with Gasteiger partial charge in [0.05, 0.1) is 24.4 Å². The number of hydrogen-bond donors (Lipinski definition) is 3. The quantitative estimate of drug-likeness (QED) is 0.140. The molecule has 0 aromatic heterocycles. The lowest BCUT2D eigenvalue weighted by Gasteiger charge is -2.30. The molecule has 0 spiro atoms. The first kappa shape index (κ1) is 26.4. The molecule has 3 rings (SSSR count). The molecule has 1 aliphatic heterocycles. The van der Waals surface area contributed by atoms with Crippen molar-refractivity contribution in [3.63, 3.8) is 0 Å². The van der Waals surface area contributed by atoms with Gasteiger partial charge in [-0.15, -0.1) is 0 Å². The summed E-state index contributed by atoms with van der Waals surface area (Å²) in [5.41, 5.74) is 4.80. The van der Waals surface area contributed by atoms with Crippen LogP contribution in [0.1, 0.15) is 31.0 Å². The summed E-state index contributed by atoms with van der Waals surface area (Å²) in [4.78, 5) is 25.0. The molecule has 188 valence electrons. The molecule has 1 atom stereocenters. The summed E-state index contributed by atoms with van der Waals surface area (Å²) in [5, 5.41) is 10.4. The van der Waals surface area contributed by atoms with Gasteiger partial charge in [0.2, 0.25) is 0 Å². The van der Waals surface area contributed by atoms with Crippen molar-refractivity contribution in [3.8, 4) is 11.5 Å². The van der Waals surface area contributed by atoms with Crippen molar-refractivity contribution in [3.05, 3.63) is 83.6 Å². The SMILES string of the molecule is C=CCOc1cccc(C=NNC(=O)COc2ccccc2[C@H]2NC(=S)NC(C)=C2C(=O)OCC)c1. The van der Waals surface area contributed by atoms with Gasteiger partial charge in [-0.05, 0) is 49.8 Å². The van der Waals surface area contributed by atoms with E-state index in [9.17, 15) is 9.59 Å². The first-order valence-electron chi connectivity index (χ1n) is 11.3. The zero-order valence-corrected chi connectivity index (χ0v) is 20.9. The van der Waals surface area contributed by atoms with Crippen molar-refractivity contribution in [2.75, 3.05) is 19.8 Å². The van der Waals surface area contributed by atoms with E-state index in [1.165, 1.54) is 6.21 Å². The number of carbonyl (C=O) groups excluding carboxylic acids is 2. The van der Waals surface area contributed by atoms with E-state index in [4.69, 9.17) is 26.4 Å². The van der Waals surface area contributed by atoms with Gasteiger partial charge >= 0.3 is 5.97 Å². The Bertz CT molecular complexity index is 1190. The van der Waals surface area contributed by atoms with E-state index in [0.29, 0.717) is 40.1 Å². The van der Waals surface area contributed by atoms with Crippen molar-refractivity contribution in [1.82, 2.24) is 16.1 Å². The Morgan fingerprint density at radius 3 is 2.78 bits per heavy atom. The van der Waals surface area contributed by atoms with E-state index in [-0.39, 0.29) is 13.2 Å². The molecule has 0 saturated carbocycles. The molecule has 9 nitrogen and oxygen atoms in total. The maximum Gasteiger partial charge on any atom is 0.338 e. The first-order chi connectivity index (χ1) is 17.4. The predicted octanol–water partition coefficient (Wildman–Crippen LogP) is 3.14. The Kier molecular flexibility index (Phi) is 9.58.